The number of nitrogens with one attached hydrogen (secondary N) is 1. The van der Waals surface area contributed by atoms with Crippen LogP contribution in [0.4, 0.5) is 4.79 Å². The van der Waals surface area contributed by atoms with Gasteiger partial charge in [0.25, 0.3) is 0 Å². The molecule has 0 heterocycles. The van der Waals surface area contributed by atoms with Gasteiger partial charge in [-0.3, -0.25) is 4.79 Å². The number of amides is 1. The smallest absolute Gasteiger partial charge is 0.407 e. The zero-order chi connectivity index (χ0) is 13.2. The van der Waals surface area contributed by atoms with Crippen LogP contribution in [0.25, 0.3) is 0 Å². The van der Waals surface area contributed by atoms with Crippen LogP contribution in [0.1, 0.15) is 40.5 Å². The molecule has 1 amide bonds. The summed E-state index contributed by atoms with van der Waals surface area (Å²) in [6.07, 6.45) is -0.326. The van der Waals surface area contributed by atoms with Crippen LogP contribution in [0.3, 0.4) is 0 Å². The van der Waals surface area contributed by atoms with E-state index in [2.05, 4.69) is 5.32 Å². The lowest BCUT2D eigenvalue weighted by atomic mass is 10.0. The molecule has 3 atom stereocenters. The largest absolute Gasteiger partial charge is 0.444 e. The molecule has 0 unspecified atom stereocenters. The van der Waals surface area contributed by atoms with E-state index < -0.39 is 23.8 Å². The number of ketones is 1. The van der Waals surface area contributed by atoms with Crippen LogP contribution in [0.2, 0.25) is 0 Å². The number of alkyl carbamates (subject to hydrolysis) is 1. The second-order valence-electron chi connectivity index (χ2n) is 5.60. The van der Waals surface area contributed by atoms with Crippen molar-refractivity contribution in [2.75, 3.05) is 0 Å². The molecule has 5 heteroatoms. The van der Waals surface area contributed by atoms with E-state index in [4.69, 9.17) is 4.74 Å². The van der Waals surface area contributed by atoms with Gasteiger partial charge in [0.05, 0.1) is 12.1 Å². The maximum absolute atomic E-state index is 11.5. The standard InChI is InChI=1S/C12H21NO4/c1-7(14)8-5-9(10(15)6-8)13-11(16)17-12(2,3)4/h8-10,15H,5-6H2,1-4H3,(H,13,16)/t8-,9+,10-/m0/s1. The van der Waals surface area contributed by atoms with Crippen molar-refractivity contribution in [3.05, 3.63) is 0 Å². The van der Waals surface area contributed by atoms with Gasteiger partial charge in [-0.05, 0) is 40.5 Å². The van der Waals surface area contributed by atoms with Gasteiger partial charge < -0.3 is 15.2 Å². The summed E-state index contributed by atoms with van der Waals surface area (Å²) in [6.45, 7) is 6.83. The fourth-order valence-electron chi connectivity index (χ4n) is 1.96. The normalized spacial score (nSPS) is 28.9. The molecule has 1 saturated carbocycles. The molecule has 98 valence electrons. The molecule has 1 fully saturated rings. The van der Waals surface area contributed by atoms with Crippen molar-refractivity contribution in [1.82, 2.24) is 5.32 Å². The number of ether oxygens (including phenoxy) is 1. The van der Waals surface area contributed by atoms with Gasteiger partial charge in [-0.25, -0.2) is 4.79 Å². The van der Waals surface area contributed by atoms with E-state index in [0.717, 1.165) is 0 Å². The van der Waals surface area contributed by atoms with E-state index in [1.54, 1.807) is 20.8 Å². The average molecular weight is 243 g/mol. The summed E-state index contributed by atoms with van der Waals surface area (Å²) in [6, 6.07) is -0.390. The van der Waals surface area contributed by atoms with Crippen molar-refractivity contribution in [3.63, 3.8) is 0 Å². The summed E-state index contributed by atoms with van der Waals surface area (Å²) in [5.41, 5.74) is -0.562. The second-order valence-corrected chi connectivity index (χ2v) is 5.60. The molecule has 1 rings (SSSR count). The number of hydrogen-bond acceptors (Lipinski definition) is 4. The Hall–Kier alpha value is -1.10. The lowest BCUT2D eigenvalue weighted by molar-refractivity contribution is -0.120. The number of carbonyl (C=O) groups excluding carboxylic acids is 2. The van der Waals surface area contributed by atoms with Crippen LogP contribution in [-0.4, -0.2) is 34.7 Å². The zero-order valence-electron chi connectivity index (χ0n) is 10.8. The third-order valence-electron chi connectivity index (χ3n) is 2.81. The first-order chi connectivity index (χ1) is 7.69. The highest BCUT2D eigenvalue weighted by Gasteiger charge is 2.36. The highest BCUT2D eigenvalue weighted by atomic mass is 16.6. The van der Waals surface area contributed by atoms with Crippen molar-refractivity contribution >= 4 is 11.9 Å². The Morgan fingerprint density at radius 3 is 2.29 bits per heavy atom. The summed E-state index contributed by atoms with van der Waals surface area (Å²) < 4.78 is 5.10. The van der Waals surface area contributed by atoms with E-state index in [0.29, 0.717) is 12.8 Å². The van der Waals surface area contributed by atoms with Crippen LogP contribution < -0.4 is 5.32 Å². The van der Waals surface area contributed by atoms with E-state index >= 15 is 0 Å². The molecular weight excluding hydrogens is 222 g/mol. The lowest BCUT2D eigenvalue weighted by Gasteiger charge is -2.22. The molecule has 0 spiro atoms. The Kier molecular flexibility index (Phi) is 4.14. The van der Waals surface area contributed by atoms with Gasteiger partial charge in [0.1, 0.15) is 11.4 Å². The molecule has 0 saturated heterocycles. The van der Waals surface area contributed by atoms with Gasteiger partial charge in [0.15, 0.2) is 0 Å². The number of aliphatic hydroxyl groups excluding tert-OH is 1. The Morgan fingerprint density at radius 1 is 1.29 bits per heavy atom. The fraction of sp³-hybridized carbons (Fsp3) is 0.833. The van der Waals surface area contributed by atoms with Crippen LogP contribution in [0.15, 0.2) is 0 Å². The molecule has 2 N–H and O–H groups in total. The molecule has 1 aliphatic carbocycles. The molecule has 0 bridgehead atoms. The van der Waals surface area contributed by atoms with Gasteiger partial charge >= 0.3 is 6.09 Å². The summed E-state index contributed by atoms with van der Waals surface area (Å²) in [4.78, 5) is 22.7. The summed E-state index contributed by atoms with van der Waals surface area (Å²) >= 11 is 0. The quantitative estimate of drug-likeness (QED) is 0.765. The average Bonchev–Trinajstić information content (AvgIpc) is 2.44. The number of Topliss-reactive ketones (excluding diaryl/α,β-unsaturated/α-hetero) is 1. The topological polar surface area (TPSA) is 75.6 Å². The van der Waals surface area contributed by atoms with E-state index in [1.165, 1.54) is 6.92 Å². The highest BCUT2D eigenvalue weighted by molar-refractivity contribution is 5.79. The van der Waals surface area contributed by atoms with Crippen molar-refractivity contribution in [2.24, 2.45) is 5.92 Å². The Morgan fingerprint density at radius 2 is 1.88 bits per heavy atom. The van der Waals surface area contributed by atoms with Gasteiger partial charge in [0, 0.05) is 5.92 Å². The van der Waals surface area contributed by atoms with Gasteiger partial charge in [-0.2, -0.15) is 0 Å². The fourth-order valence-corrected chi connectivity index (χ4v) is 1.96. The SMILES string of the molecule is CC(=O)[C@@H]1C[C@H](O)[C@H](NC(=O)OC(C)(C)C)C1. The van der Waals surface area contributed by atoms with Crippen molar-refractivity contribution in [1.29, 1.82) is 0 Å². The molecule has 0 aliphatic heterocycles. The second kappa shape index (κ2) is 5.04. The highest BCUT2D eigenvalue weighted by Crippen LogP contribution is 2.27. The van der Waals surface area contributed by atoms with E-state index in [-0.39, 0.29) is 11.7 Å². The maximum atomic E-state index is 11.5. The molecule has 1 aliphatic rings. The number of carbonyl (C=O) groups is 2. The minimum absolute atomic E-state index is 0.0533. The first kappa shape index (κ1) is 14.0. The lowest BCUT2D eigenvalue weighted by Crippen LogP contribution is -2.42. The molecular formula is C12H21NO4. The van der Waals surface area contributed by atoms with Crippen molar-refractivity contribution in [3.8, 4) is 0 Å². The molecule has 17 heavy (non-hydrogen) atoms. The predicted molar refractivity (Wildman–Crippen MR) is 62.6 cm³/mol. The number of rotatable bonds is 2. The predicted octanol–water partition coefficient (Wildman–Crippen LogP) is 1.24. The number of hydrogen-bond donors (Lipinski definition) is 2. The van der Waals surface area contributed by atoms with Gasteiger partial charge in [-0.1, -0.05) is 0 Å². The molecule has 0 aromatic carbocycles. The van der Waals surface area contributed by atoms with Gasteiger partial charge in [0.2, 0.25) is 0 Å². The number of aliphatic hydroxyl groups is 1. The van der Waals surface area contributed by atoms with Crippen LogP contribution in [0, 0.1) is 5.92 Å². The Balaban J connectivity index is 2.47. The summed E-state index contributed by atoms with van der Waals surface area (Å²) in [5, 5.41) is 12.3. The minimum atomic E-state index is -0.670. The first-order valence-corrected chi connectivity index (χ1v) is 5.87. The van der Waals surface area contributed by atoms with Crippen LogP contribution in [-0.2, 0) is 9.53 Å². The molecule has 0 aromatic rings. The third-order valence-corrected chi connectivity index (χ3v) is 2.81. The third kappa shape index (κ3) is 4.34. The zero-order valence-corrected chi connectivity index (χ0v) is 10.8. The Labute approximate surface area is 102 Å². The van der Waals surface area contributed by atoms with Crippen LogP contribution >= 0.6 is 0 Å². The van der Waals surface area contributed by atoms with E-state index in [1.807, 2.05) is 0 Å². The van der Waals surface area contributed by atoms with Gasteiger partial charge in [-0.15, -0.1) is 0 Å². The molecule has 5 nitrogen and oxygen atoms in total. The first-order valence-electron chi connectivity index (χ1n) is 5.87. The monoisotopic (exact) mass is 243 g/mol. The molecule has 0 aromatic heterocycles. The van der Waals surface area contributed by atoms with E-state index in [9.17, 15) is 14.7 Å². The Bertz CT molecular complexity index is 308. The minimum Gasteiger partial charge on any atom is -0.444 e. The maximum Gasteiger partial charge on any atom is 0.407 e. The van der Waals surface area contributed by atoms with Crippen molar-refractivity contribution < 1.29 is 19.4 Å². The van der Waals surface area contributed by atoms with Crippen molar-refractivity contribution in [2.45, 2.75) is 58.3 Å². The molecule has 0 radical (unpaired) electrons. The van der Waals surface area contributed by atoms with Crippen LogP contribution in [0.5, 0.6) is 0 Å². The summed E-state index contributed by atoms with van der Waals surface area (Å²) in [5.74, 6) is -0.109. The summed E-state index contributed by atoms with van der Waals surface area (Å²) in [7, 11) is 0.